The van der Waals surface area contributed by atoms with E-state index in [1.807, 2.05) is 6.07 Å². The first-order valence-electron chi connectivity index (χ1n) is 11.5. The van der Waals surface area contributed by atoms with E-state index >= 15 is 8.78 Å². The highest BCUT2D eigenvalue weighted by atomic mass is 19.1. The maximum atomic E-state index is 16.9. The summed E-state index contributed by atoms with van der Waals surface area (Å²) in [5, 5.41) is 29.8. The van der Waals surface area contributed by atoms with E-state index < -0.39 is 45.3 Å². The van der Waals surface area contributed by atoms with Gasteiger partial charge in [0.15, 0.2) is 0 Å². The van der Waals surface area contributed by atoms with Gasteiger partial charge in [-0.2, -0.15) is 5.26 Å². The van der Waals surface area contributed by atoms with Crippen LogP contribution in [-0.2, 0) is 0 Å². The Bertz CT molecular complexity index is 1880. The molecule has 0 saturated carbocycles. The third kappa shape index (κ3) is 3.33. The van der Waals surface area contributed by atoms with Crippen LogP contribution in [0.4, 0.5) is 8.78 Å². The normalized spacial score (nSPS) is 15.5. The van der Waals surface area contributed by atoms with Gasteiger partial charge in [0.1, 0.15) is 17.7 Å². The molecule has 0 aliphatic heterocycles. The van der Waals surface area contributed by atoms with Crippen LogP contribution in [-0.4, -0.2) is 0 Å². The molecule has 0 spiro atoms. The molecule has 5 rings (SSSR count). The highest BCUT2D eigenvalue weighted by molar-refractivity contribution is 6.29. The summed E-state index contributed by atoms with van der Waals surface area (Å²) in [4.78, 5) is 9.98. The lowest BCUT2D eigenvalue weighted by Crippen LogP contribution is -2.05. The number of nitriles is 3. The van der Waals surface area contributed by atoms with E-state index in [1.54, 1.807) is 72.8 Å². The fourth-order valence-electron chi connectivity index (χ4n) is 5.11. The predicted molar refractivity (Wildman–Crippen MR) is 143 cm³/mol. The van der Waals surface area contributed by atoms with Crippen molar-refractivity contribution in [1.82, 2.24) is 0 Å². The van der Waals surface area contributed by atoms with Crippen molar-refractivity contribution in [3.05, 3.63) is 151 Å². The Morgan fingerprint density at radius 1 is 0.625 bits per heavy atom. The summed E-state index contributed by atoms with van der Waals surface area (Å²) in [6, 6.07) is 21.6. The number of halogens is 2. The van der Waals surface area contributed by atoms with Crippen molar-refractivity contribution < 1.29 is 8.78 Å². The Balaban J connectivity index is 2.05. The van der Waals surface area contributed by atoms with Crippen LogP contribution in [0.3, 0.4) is 0 Å². The average Bonchev–Trinajstić information content (AvgIpc) is 3.53. The molecule has 0 radical (unpaired) electrons. The fourth-order valence-corrected chi connectivity index (χ4v) is 5.11. The molecule has 2 aliphatic rings. The van der Waals surface area contributed by atoms with Gasteiger partial charge < -0.3 is 0 Å². The van der Waals surface area contributed by atoms with Crippen LogP contribution in [0, 0.1) is 65.3 Å². The fraction of sp³-hybridized carbons (Fsp3) is 0. The van der Waals surface area contributed by atoms with E-state index in [0.717, 1.165) is 0 Å². The van der Waals surface area contributed by atoms with Crippen molar-refractivity contribution in [2.75, 3.05) is 0 Å². The minimum atomic E-state index is -1.14. The van der Waals surface area contributed by atoms with Crippen LogP contribution in [0.15, 0.2) is 72.1 Å². The van der Waals surface area contributed by atoms with Crippen molar-refractivity contribution in [2.24, 2.45) is 0 Å². The molecule has 3 aromatic carbocycles. The van der Waals surface area contributed by atoms with E-state index in [2.05, 4.69) is 14.5 Å². The van der Waals surface area contributed by atoms with Crippen LogP contribution in [0.2, 0.25) is 0 Å². The Hall–Kier alpha value is -6.58. The third-order valence-electron chi connectivity index (χ3n) is 6.61. The summed E-state index contributed by atoms with van der Waals surface area (Å²) in [5.41, 5.74) is -3.58. The highest BCUT2D eigenvalue weighted by Crippen LogP contribution is 2.57. The lowest BCUT2D eigenvalue weighted by Gasteiger charge is -2.15. The second-order valence-corrected chi connectivity index (χ2v) is 8.45. The van der Waals surface area contributed by atoms with Crippen molar-refractivity contribution in [3.63, 3.8) is 0 Å². The van der Waals surface area contributed by atoms with Gasteiger partial charge in [0.2, 0.25) is 5.70 Å². The van der Waals surface area contributed by atoms with Crippen LogP contribution in [0.5, 0.6) is 0 Å². The Morgan fingerprint density at radius 2 is 1.07 bits per heavy atom. The van der Waals surface area contributed by atoms with Gasteiger partial charge in [-0.3, -0.25) is 0 Å². The number of hydrogen-bond acceptors (Lipinski definition) is 3. The smallest absolute Gasteiger partial charge is 0.237 e. The highest BCUT2D eigenvalue weighted by Gasteiger charge is 2.43. The van der Waals surface area contributed by atoms with Crippen LogP contribution in [0.25, 0.3) is 48.1 Å². The molecule has 40 heavy (non-hydrogen) atoms. The van der Waals surface area contributed by atoms with Crippen LogP contribution >= 0.6 is 0 Å². The van der Waals surface area contributed by atoms with Gasteiger partial charge in [0.25, 0.3) is 11.4 Å². The molecule has 0 N–H and O–H groups in total. The first-order chi connectivity index (χ1) is 19.5. The average molecular weight is 516 g/mol. The number of fused-ring (bicyclic) bond motifs is 2. The molecular weight excluding hydrogens is 506 g/mol. The van der Waals surface area contributed by atoms with Crippen molar-refractivity contribution in [1.29, 1.82) is 15.8 Å². The summed E-state index contributed by atoms with van der Waals surface area (Å²) >= 11 is 0. The topological polar surface area (TPSA) is 84.5 Å². The van der Waals surface area contributed by atoms with Gasteiger partial charge in [0.05, 0.1) is 37.4 Å². The monoisotopic (exact) mass is 516 g/mol. The molecule has 0 fully saturated rings. The zero-order valence-electron chi connectivity index (χ0n) is 20.2. The number of allylic oxidation sites excluding steroid dienone is 7. The van der Waals surface area contributed by atoms with Crippen molar-refractivity contribution >= 4 is 33.6 Å². The third-order valence-corrected chi connectivity index (χ3v) is 6.61. The van der Waals surface area contributed by atoms with Gasteiger partial charge >= 0.3 is 0 Å². The first kappa shape index (κ1) is 25.1. The van der Waals surface area contributed by atoms with E-state index in [-0.39, 0.29) is 33.6 Å². The minimum Gasteiger partial charge on any atom is -0.237 e. The molecule has 8 heteroatoms. The summed E-state index contributed by atoms with van der Waals surface area (Å²) in [5.74, 6) is -2.26. The van der Waals surface area contributed by atoms with Gasteiger partial charge in [-0.1, -0.05) is 60.7 Å². The predicted octanol–water partition coefficient (Wildman–Crippen LogP) is 7.52. The Kier molecular flexibility index (Phi) is 6.09. The second-order valence-electron chi connectivity index (χ2n) is 8.45. The zero-order valence-corrected chi connectivity index (χ0v) is 20.2. The molecule has 0 saturated heterocycles. The molecule has 0 unspecified atom stereocenters. The molecule has 0 amide bonds. The van der Waals surface area contributed by atoms with E-state index in [4.69, 9.17) is 19.7 Å². The standard InChI is InChI=1S/C32H10F2N6/c1-38-20(15-36)25-22(17-10-6-4-7-11-17)19(14-35)24-27(25)31(34)28-26(21(16-37)39-2)23(18-12-8-5-9-13-18)32(40-3)29(28)30(24)33/h4-13H/b25-20-,26-21+. The first-order valence-corrected chi connectivity index (χ1v) is 11.5. The quantitative estimate of drug-likeness (QED) is 0.261. The van der Waals surface area contributed by atoms with Crippen molar-refractivity contribution in [2.45, 2.75) is 0 Å². The molecule has 0 atom stereocenters. The van der Waals surface area contributed by atoms with E-state index in [9.17, 15) is 15.8 Å². The van der Waals surface area contributed by atoms with Crippen LogP contribution < -0.4 is 0 Å². The molecule has 0 bridgehead atoms. The largest absolute Gasteiger partial charge is 0.270 e. The SMILES string of the molecule is [C-]#[N+]C1=C(c2ccccc2)/C(=C(/C#N)[N+]#[C-])c2c(F)c3c(c(F)c21)C(C#N)=C(c1ccccc1)/C3=C(\C#N)[N+]#[C-]. The number of rotatable bonds is 2. The summed E-state index contributed by atoms with van der Waals surface area (Å²) in [7, 11) is 0. The lowest BCUT2D eigenvalue weighted by atomic mass is 9.90. The Labute approximate surface area is 227 Å². The molecule has 3 aromatic rings. The van der Waals surface area contributed by atoms with Gasteiger partial charge in [-0.25, -0.2) is 33.8 Å². The number of nitrogens with zero attached hydrogens (tertiary/aromatic N) is 6. The zero-order chi connectivity index (χ0) is 28.6. The molecular formula is C32H10F2N6. The number of benzene rings is 3. The Morgan fingerprint density at radius 3 is 1.52 bits per heavy atom. The molecule has 6 nitrogen and oxygen atoms in total. The number of hydrogen-bond donors (Lipinski definition) is 0. The van der Waals surface area contributed by atoms with Gasteiger partial charge in [-0.15, -0.1) is 0 Å². The van der Waals surface area contributed by atoms with Crippen molar-refractivity contribution in [3.8, 4) is 18.2 Å². The summed E-state index contributed by atoms with van der Waals surface area (Å²) < 4.78 is 33.6. The van der Waals surface area contributed by atoms with Gasteiger partial charge in [0, 0.05) is 27.8 Å². The maximum Gasteiger partial charge on any atom is 0.270 e. The molecule has 182 valence electrons. The molecule has 0 aromatic heterocycles. The second kappa shape index (κ2) is 9.71. The lowest BCUT2D eigenvalue weighted by molar-refractivity contribution is 0.590. The molecule has 0 heterocycles. The van der Waals surface area contributed by atoms with E-state index in [0.29, 0.717) is 11.1 Å². The minimum absolute atomic E-state index is 0.0000339. The van der Waals surface area contributed by atoms with Crippen LogP contribution in [0.1, 0.15) is 33.4 Å². The summed E-state index contributed by atoms with van der Waals surface area (Å²) in [6.45, 7) is 23.0. The molecule has 2 aliphatic carbocycles. The maximum absolute atomic E-state index is 16.9. The summed E-state index contributed by atoms with van der Waals surface area (Å²) in [6.07, 6.45) is 0. The van der Waals surface area contributed by atoms with E-state index in [1.165, 1.54) is 0 Å². The van der Waals surface area contributed by atoms with Gasteiger partial charge in [-0.05, 0) is 27.8 Å².